The molecule has 0 radical (unpaired) electrons. The fourth-order valence-electron chi connectivity index (χ4n) is 2.84. The van der Waals surface area contributed by atoms with E-state index in [1.54, 1.807) is 0 Å². The van der Waals surface area contributed by atoms with Crippen LogP contribution < -0.4 is 10.2 Å². The van der Waals surface area contributed by atoms with Crippen molar-refractivity contribution in [3.05, 3.63) is 17.8 Å². The summed E-state index contributed by atoms with van der Waals surface area (Å²) >= 11 is 0. The molecule has 2 fully saturated rings. The molecule has 6 nitrogen and oxygen atoms in total. The number of nitrogens with one attached hydrogen (secondary N) is 1. The van der Waals surface area contributed by atoms with Crippen LogP contribution in [-0.2, 0) is 10.2 Å². The quantitative estimate of drug-likeness (QED) is 0.847. The van der Waals surface area contributed by atoms with Gasteiger partial charge >= 0.3 is 0 Å². The lowest BCUT2D eigenvalue weighted by Gasteiger charge is -2.40. The van der Waals surface area contributed by atoms with Crippen molar-refractivity contribution in [2.24, 2.45) is 5.92 Å². The smallest absolute Gasteiger partial charge is 0.151 e. The first kappa shape index (κ1) is 15.6. The summed E-state index contributed by atoms with van der Waals surface area (Å²) < 4.78 is 5.24. The maximum absolute atomic E-state index is 9.70. The zero-order valence-electron chi connectivity index (χ0n) is 13.6. The number of aliphatic hydroxyl groups is 1. The number of anilines is 1. The van der Waals surface area contributed by atoms with Crippen molar-refractivity contribution < 1.29 is 9.84 Å². The minimum absolute atomic E-state index is 0.0388. The Balaban J connectivity index is 1.45. The minimum Gasteiger partial charge on any atom is -0.389 e. The van der Waals surface area contributed by atoms with E-state index in [-0.39, 0.29) is 17.6 Å². The maximum Gasteiger partial charge on any atom is 0.151 e. The van der Waals surface area contributed by atoms with E-state index in [2.05, 4.69) is 53.3 Å². The lowest BCUT2D eigenvalue weighted by Crippen LogP contribution is -2.53. The number of aliphatic hydroxyl groups excluding tert-OH is 1. The lowest BCUT2D eigenvalue weighted by atomic mass is 9.92. The van der Waals surface area contributed by atoms with Crippen molar-refractivity contribution in [3.8, 4) is 0 Å². The predicted molar refractivity (Wildman–Crippen MR) is 85.1 cm³/mol. The zero-order valence-corrected chi connectivity index (χ0v) is 13.6. The molecule has 1 aromatic rings. The van der Waals surface area contributed by atoms with Crippen molar-refractivity contribution in [1.82, 2.24) is 15.5 Å². The van der Waals surface area contributed by atoms with Crippen LogP contribution in [0.2, 0.25) is 0 Å². The highest BCUT2D eigenvalue weighted by molar-refractivity contribution is 5.41. The molecule has 2 N–H and O–H groups in total. The number of ether oxygens (including phenoxy) is 1. The van der Waals surface area contributed by atoms with Crippen LogP contribution in [-0.4, -0.2) is 60.3 Å². The molecule has 3 rings (SSSR count). The van der Waals surface area contributed by atoms with Gasteiger partial charge in [-0.3, -0.25) is 0 Å². The molecule has 0 aromatic carbocycles. The van der Waals surface area contributed by atoms with Gasteiger partial charge in [-0.15, -0.1) is 5.10 Å². The summed E-state index contributed by atoms with van der Waals surface area (Å²) in [6, 6.07) is 4.21. The molecule has 0 bridgehead atoms. The molecule has 0 saturated carbocycles. The largest absolute Gasteiger partial charge is 0.389 e. The SMILES string of the molecule is CC(C)(C)c1ccc(N2CC(CNC3COCC3O)C2)nn1. The molecular weight excluding hydrogens is 280 g/mol. The normalized spacial score (nSPS) is 26.3. The molecule has 0 spiro atoms. The average molecular weight is 306 g/mol. The van der Waals surface area contributed by atoms with Gasteiger partial charge in [0.1, 0.15) is 0 Å². The van der Waals surface area contributed by atoms with Crippen molar-refractivity contribution in [2.45, 2.75) is 38.3 Å². The van der Waals surface area contributed by atoms with Crippen LogP contribution >= 0.6 is 0 Å². The summed E-state index contributed by atoms with van der Waals surface area (Å²) in [4.78, 5) is 2.24. The first-order chi connectivity index (χ1) is 10.4. The zero-order chi connectivity index (χ0) is 15.7. The summed E-state index contributed by atoms with van der Waals surface area (Å²) in [5.41, 5.74) is 1.06. The van der Waals surface area contributed by atoms with E-state index in [0.717, 1.165) is 31.1 Å². The van der Waals surface area contributed by atoms with Gasteiger partial charge in [-0.05, 0) is 12.1 Å². The summed E-state index contributed by atoms with van der Waals surface area (Å²) in [5.74, 6) is 1.55. The second kappa shape index (κ2) is 6.10. The fourth-order valence-corrected chi connectivity index (χ4v) is 2.84. The van der Waals surface area contributed by atoms with Crippen LogP contribution in [0.3, 0.4) is 0 Å². The Morgan fingerprint density at radius 3 is 2.59 bits per heavy atom. The Morgan fingerprint density at radius 2 is 2.05 bits per heavy atom. The molecule has 0 amide bonds. The maximum atomic E-state index is 9.70. The Morgan fingerprint density at radius 1 is 1.27 bits per heavy atom. The minimum atomic E-state index is -0.369. The molecule has 2 unspecified atom stereocenters. The van der Waals surface area contributed by atoms with Crippen LogP contribution in [0.4, 0.5) is 5.82 Å². The molecule has 2 aliphatic heterocycles. The highest BCUT2D eigenvalue weighted by Crippen LogP contribution is 2.24. The van der Waals surface area contributed by atoms with Crippen LogP contribution in [0.5, 0.6) is 0 Å². The van der Waals surface area contributed by atoms with E-state index in [1.807, 2.05) is 0 Å². The number of rotatable bonds is 4. The Labute approximate surface area is 131 Å². The summed E-state index contributed by atoms with van der Waals surface area (Å²) in [7, 11) is 0. The van der Waals surface area contributed by atoms with Gasteiger partial charge in [-0.25, -0.2) is 0 Å². The third kappa shape index (κ3) is 3.39. The molecule has 3 heterocycles. The Bertz CT molecular complexity index is 494. The molecule has 2 atom stereocenters. The second-order valence-corrected chi connectivity index (χ2v) is 7.42. The third-order valence-corrected chi connectivity index (χ3v) is 4.42. The number of aromatic nitrogens is 2. The Kier molecular flexibility index (Phi) is 4.34. The first-order valence-corrected chi connectivity index (χ1v) is 8.02. The van der Waals surface area contributed by atoms with E-state index < -0.39 is 0 Å². The molecular formula is C16H26N4O2. The van der Waals surface area contributed by atoms with Crippen LogP contribution in [0.25, 0.3) is 0 Å². The molecule has 2 aliphatic rings. The second-order valence-electron chi connectivity index (χ2n) is 7.42. The van der Waals surface area contributed by atoms with E-state index in [1.165, 1.54) is 0 Å². The van der Waals surface area contributed by atoms with Gasteiger partial charge in [-0.1, -0.05) is 20.8 Å². The van der Waals surface area contributed by atoms with Crippen LogP contribution in [0.15, 0.2) is 12.1 Å². The highest BCUT2D eigenvalue weighted by Gasteiger charge is 2.31. The standard InChI is InChI=1S/C16H26N4O2/c1-16(2,3)14-4-5-15(19-18-14)20-7-11(8-20)6-17-12-9-22-10-13(12)21/h4-5,11-13,17,21H,6-10H2,1-3H3. The summed E-state index contributed by atoms with van der Waals surface area (Å²) in [5, 5.41) is 21.8. The topological polar surface area (TPSA) is 70.5 Å². The van der Waals surface area contributed by atoms with Gasteiger partial charge in [0, 0.05) is 31.0 Å². The van der Waals surface area contributed by atoms with Gasteiger partial charge in [0.15, 0.2) is 5.82 Å². The van der Waals surface area contributed by atoms with Crippen molar-refractivity contribution in [2.75, 3.05) is 37.7 Å². The summed E-state index contributed by atoms with van der Waals surface area (Å²) in [6.07, 6.45) is -0.369. The number of hydrogen-bond acceptors (Lipinski definition) is 6. The molecule has 0 aliphatic carbocycles. The van der Waals surface area contributed by atoms with E-state index in [0.29, 0.717) is 19.1 Å². The van der Waals surface area contributed by atoms with Gasteiger partial charge in [0.05, 0.1) is 31.1 Å². The number of nitrogens with zero attached hydrogens (tertiary/aromatic N) is 3. The average Bonchev–Trinajstić information content (AvgIpc) is 2.82. The molecule has 2 saturated heterocycles. The number of hydrogen-bond donors (Lipinski definition) is 2. The predicted octanol–water partition coefficient (Wildman–Crippen LogP) is 0.560. The molecule has 22 heavy (non-hydrogen) atoms. The summed E-state index contributed by atoms with van der Waals surface area (Å²) in [6.45, 7) is 10.4. The van der Waals surface area contributed by atoms with Crippen LogP contribution in [0, 0.1) is 5.92 Å². The van der Waals surface area contributed by atoms with Crippen LogP contribution in [0.1, 0.15) is 26.5 Å². The van der Waals surface area contributed by atoms with Crippen molar-refractivity contribution in [1.29, 1.82) is 0 Å². The third-order valence-electron chi connectivity index (χ3n) is 4.42. The highest BCUT2D eigenvalue weighted by atomic mass is 16.5. The van der Waals surface area contributed by atoms with Gasteiger partial charge in [0.2, 0.25) is 0 Å². The Hall–Kier alpha value is -1.24. The van der Waals surface area contributed by atoms with Gasteiger partial charge in [-0.2, -0.15) is 5.10 Å². The monoisotopic (exact) mass is 306 g/mol. The van der Waals surface area contributed by atoms with E-state index in [4.69, 9.17) is 4.74 Å². The molecule has 1 aromatic heterocycles. The van der Waals surface area contributed by atoms with E-state index >= 15 is 0 Å². The van der Waals surface area contributed by atoms with E-state index in [9.17, 15) is 5.11 Å². The first-order valence-electron chi connectivity index (χ1n) is 8.02. The van der Waals surface area contributed by atoms with Crippen molar-refractivity contribution in [3.63, 3.8) is 0 Å². The lowest BCUT2D eigenvalue weighted by molar-refractivity contribution is 0.121. The fraction of sp³-hybridized carbons (Fsp3) is 0.750. The molecule has 122 valence electrons. The molecule has 6 heteroatoms. The van der Waals surface area contributed by atoms with Gasteiger partial charge < -0.3 is 20.1 Å². The van der Waals surface area contributed by atoms with Crippen molar-refractivity contribution >= 4 is 5.82 Å². The van der Waals surface area contributed by atoms with Gasteiger partial charge in [0.25, 0.3) is 0 Å².